The van der Waals surface area contributed by atoms with Crippen LogP contribution in [0.15, 0.2) is 41.1 Å². The topological polar surface area (TPSA) is 52.6 Å². The van der Waals surface area contributed by atoms with Gasteiger partial charge in [0.2, 0.25) is 0 Å². The number of amides is 1. The summed E-state index contributed by atoms with van der Waals surface area (Å²) in [5, 5.41) is 0. The van der Waals surface area contributed by atoms with Crippen LogP contribution in [0, 0.1) is 0 Å². The molecule has 0 saturated carbocycles. The smallest absolute Gasteiger partial charge is 0.253 e. The fourth-order valence-electron chi connectivity index (χ4n) is 3.39. The van der Waals surface area contributed by atoms with Gasteiger partial charge in [-0.3, -0.25) is 4.79 Å². The number of rotatable bonds is 3. The average molecular weight is 448 g/mol. The van der Waals surface area contributed by atoms with Gasteiger partial charge in [-0.05, 0) is 24.3 Å². The molecule has 1 aromatic carbocycles. The van der Waals surface area contributed by atoms with E-state index in [1.807, 2.05) is 40.9 Å². The number of halogens is 1. The van der Waals surface area contributed by atoms with Crippen LogP contribution in [-0.2, 0) is 0 Å². The van der Waals surface area contributed by atoms with Crippen LogP contribution in [0.5, 0.6) is 0 Å². The van der Waals surface area contributed by atoms with Crippen molar-refractivity contribution in [1.82, 2.24) is 14.9 Å². The predicted molar refractivity (Wildman–Crippen MR) is 114 cm³/mol. The molecular weight excluding hydrogens is 426 g/mol. The molecule has 8 heteroatoms. The molecule has 4 rings (SSSR count). The van der Waals surface area contributed by atoms with Crippen LogP contribution in [0.2, 0.25) is 0 Å². The van der Waals surface area contributed by atoms with Gasteiger partial charge >= 0.3 is 0 Å². The highest BCUT2D eigenvalue weighted by Gasteiger charge is 2.23. The fourth-order valence-corrected chi connectivity index (χ4v) is 4.56. The average Bonchev–Trinajstić information content (AvgIpc) is 2.75. The molecule has 0 radical (unpaired) electrons. The van der Waals surface area contributed by atoms with E-state index in [-0.39, 0.29) is 5.91 Å². The van der Waals surface area contributed by atoms with Crippen LogP contribution in [0.25, 0.3) is 0 Å². The third kappa shape index (κ3) is 4.38. The number of nitrogens with zero attached hydrogens (tertiary/aromatic N) is 5. The van der Waals surface area contributed by atoms with Gasteiger partial charge in [0.1, 0.15) is 18.0 Å². The maximum absolute atomic E-state index is 12.7. The summed E-state index contributed by atoms with van der Waals surface area (Å²) >= 11 is 5.40. The molecule has 1 amide bonds. The summed E-state index contributed by atoms with van der Waals surface area (Å²) in [5.74, 6) is 4.35. The van der Waals surface area contributed by atoms with E-state index in [1.54, 1.807) is 6.33 Å². The Labute approximate surface area is 172 Å². The van der Waals surface area contributed by atoms with E-state index in [0.29, 0.717) is 13.1 Å². The normalized spacial score (nSPS) is 17.9. The maximum atomic E-state index is 12.7. The molecule has 3 heterocycles. The van der Waals surface area contributed by atoms with E-state index in [9.17, 15) is 4.79 Å². The van der Waals surface area contributed by atoms with Crippen molar-refractivity contribution in [2.75, 3.05) is 60.6 Å². The Bertz CT molecular complexity index is 789. The van der Waals surface area contributed by atoms with Gasteiger partial charge in [-0.25, -0.2) is 9.97 Å². The van der Waals surface area contributed by atoms with E-state index < -0.39 is 0 Å². The molecule has 1 aromatic heterocycles. The highest BCUT2D eigenvalue weighted by atomic mass is 79.9. The Morgan fingerprint density at radius 2 is 1.48 bits per heavy atom. The van der Waals surface area contributed by atoms with Crippen LogP contribution in [0.3, 0.4) is 0 Å². The second kappa shape index (κ2) is 8.48. The van der Waals surface area contributed by atoms with Gasteiger partial charge in [-0.15, -0.1) is 0 Å². The SMILES string of the molecule is O=C(c1ccc(Br)cc1)N1CCN(c2cc(N3CCSCC3)ncn2)CC1. The van der Waals surface area contributed by atoms with Gasteiger partial charge in [0.05, 0.1) is 0 Å². The van der Waals surface area contributed by atoms with Gasteiger partial charge in [-0.2, -0.15) is 11.8 Å². The van der Waals surface area contributed by atoms with Gasteiger partial charge < -0.3 is 14.7 Å². The Kier molecular flexibility index (Phi) is 5.83. The van der Waals surface area contributed by atoms with E-state index in [4.69, 9.17) is 0 Å². The summed E-state index contributed by atoms with van der Waals surface area (Å²) in [4.78, 5) is 28.1. The summed E-state index contributed by atoms with van der Waals surface area (Å²) in [6.07, 6.45) is 1.66. The first-order valence-corrected chi connectivity index (χ1v) is 11.1. The fraction of sp³-hybridized carbons (Fsp3) is 0.421. The Morgan fingerprint density at radius 3 is 2.11 bits per heavy atom. The first-order valence-electron chi connectivity index (χ1n) is 9.15. The van der Waals surface area contributed by atoms with Crippen LogP contribution < -0.4 is 9.80 Å². The minimum absolute atomic E-state index is 0.0938. The lowest BCUT2D eigenvalue weighted by molar-refractivity contribution is 0.0746. The number of carbonyl (C=O) groups is 1. The Hall–Kier alpha value is -1.80. The predicted octanol–water partition coefficient (Wildman–Crippen LogP) is 2.75. The molecule has 2 aromatic rings. The monoisotopic (exact) mass is 447 g/mol. The summed E-state index contributed by atoms with van der Waals surface area (Å²) in [6, 6.07) is 9.64. The molecular formula is C19H22BrN5OS. The first kappa shape index (κ1) is 18.6. The molecule has 0 unspecified atom stereocenters. The molecule has 6 nitrogen and oxygen atoms in total. The first-order chi connectivity index (χ1) is 13.2. The zero-order valence-electron chi connectivity index (χ0n) is 15.1. The Morgan fingerprint density at radius 1 is 0.889 bits per heavy atom. The molecule has 2 saturated heterocycles. The van der Waals surface area contributed by atoms with Crippen molar-refractivity contribution in [2.45, 2.75) is 0 Å². The van der Waals surface area contributed by atoms with Gasteiger partial charge in [0.25, 0.3) is 5.91 Å². The van der Waals surface area contributed by atoms with Crippen LogP contribution >= 0.6 is 27.7 Å². The van der Waals surface area contributed by atoms with E-state index in [1.165, 1.54) is 0 Å². The molecule has 0 atom stereocenters. The largest absolute Gasteiger partial charge is 0.355 e. The van der Waals surface area contributed by atoms with Crippen LogP contribution in [-0.4, -0.2) is 71.5 Å². The highest BCUT2D eigenvalue weighted by molar-refractivity contribution is 9.10. The number of carbonyl (C=O) groups excluding carboxylic acids is 1. The van der Waals surface area contributed by atoms with Crippen molar-refractivity contribution >= 4 is 45.2 Å². The van der Waals surface area contributed by atoms with Gasteiger partial charge in [0, 0.05) is 66.9 Å². The number of piperazine rings is 1. The zero-order valence-corrected chi connectivity index (χ0v) is 17.5. The van der Waals surface area contributed by atoms with Crippen molar-refractivity contribution in [2.24, 2.45) is 0 Å². The molecule has 2 fully saturated rings. The van der Waals surface area contributed by atoms with Crippen molar-refractivity contribution in [3.8, 4) is 0 Å². The number of thioether (sulfide) groups is 1. The van der Waals surface area contributed by atoms with Crippen molar-refractivity contribution in [3.63, 3.8) is 0 Å². The number of aromatic nitrogens is 2. The number of benzene rings is 1. The standard InChI is InChI=1S/C19H22BrN5OS/c20-16-3-1-15(2-4-16)19(26)25-7-5-23(6-8-25)17-13-18(22-14-21-17)24-9-11-27-12-10-24/h1-4,13-14H,5-12H2. The van der Waals surface area contributed by atoms with E-state index >= 15 is 0 Å². The summed E-state index contributed by atoms with van der Waals surface area (Å²) in [6.45, 7) is 5.06. The molecule has 2 aliphatic rings. The molecule has 27 heavy (non-hydrogen) atoms. The maximum Gasteiger partial charge on any atom is 0.253 e. The molecule has 142 valence electrons. The summed E-state index contributed by atoms with van der Waals surface area (Å²) in [7, 11) is 0. The highest BCUT2D eigenvalue weighted by Crippen LogP contribution is 2.22. The third-order valence-corrected chi connectivity index (χ3v) is 6.43. The third-order valence-electron chi connectivity index (χ3n) is 4.96. The minimum Gasteiger partial charge on any atom is -0.355 e. The van der Waals surface area contributed by atoms with Gasteiger partial charge in [-0.1, -0.05) is 15.9 Å². The quantitative estimate of drug-likeness (QED) is 0.720. The number of hydrogen-bond acceptors (Lipinski definition) is 6. The van der Waals surface area contributed by atoms with E-state index in [0.717, 1.165) is 59.4 Å². The lowest BCUT2D eigenvalue weighted by Crippen LogP contribution is -2.49. The number of hydrogen-bond donors (Lipinski definition) is 0. The summed E-state index contributed by atoms with van der Waals surface area (Å²) < 4.78 is 0.982. The minimum atomic E-state index is 0.0938. The van der Waals surface area contributed by atoms with Crippen molar-refractivity contribution in [3.05, 3.63) is 46.7 Å². The van der Waals surface area contributed by atoms with Crippen LogP contribution in [0.1, 0.15) is 10.4 Å². The van der Waals surface area contributed by atoms with E-state index in [2.05, 4.69) is 41.8 Å². The molecule has 0 bridgehead atoms. The van der Waals surface area contributed by atoms with Crippen LogP contribution in [0.4, 0.5) is 11.6 Å². The molecule has 0 aliphatic carbocycles. The van der Waals surface area contributed by atoms with Gasteiger partial charge in [0.15, 0.2) is 0 Å². The molecule has 0 N–H and O–H groups in total. The summed E-state index contributed by atoms with van der Waals surface area (Å²) in [5.41, 5.74) is 0.735. The zero-order chi connectivity index (χ0) is 18.6. The number of anilines is 2. The van der Waals surface area contributed by atoms with Crippen molar-refractivity contribution < 1.29 is 4.79 Å². The lowest BCUT2D eigenvalue weighted by atomic mass is 10.2. The second-order valence-corrected chi connectivity index (χ2v) is 8.76. The molecule has 2 aliphatic heterocycles. The van der Waals surface area contributed by atoms with Crippen molar-refractivity contribution in [1.29, 1.82) is 0 Å². The second-order valence-electron chi connectivity index (χ2n) is 6.62. The molecule has 0 spiro atoms. The Balaban J connectivity index is 1.39. The lowest BCUT2D eigenvalue weighted by Gasteiger charge is -2.36.